The second-order valence-electron chi connectivity index (χ2n) is 7.81. The second-order valence-corrected chi connectivity index (χ2v) is 7.81. The maximum Gasteiger partial charge on any atom is 0.189 e. The highest BCUT2D eigenvalue weighted by atomic mass is 16.3. The van der Waals surface area contributed by atoms with Gasteiger partial charge in [0.25, 0.3) is 0 Å². The van der Waals surface area contributed by atoms with Gasteiger partial charge in [-0.1, -0.05) is 25.0 Å². The van der Waals surface area contributed by atoms with E-state index in [2.05, 4.69) is 14.8 Å². The smallest absolute Gasteiger partial charge is 0.189 e. The molecule has 2 atom stereocenters. The molecular formula is C21H29N3O2. The van der Waals surface area contributed by atoms with Crippen molar-refractivity contribution in [3.8, 4) is 0 Å². The van der Waals surface area contributed by atoms with Crippen molar-refractivity contribution in [2.24, 2.45) is 0 Å². The highest BCUT2D eigenvalue weighted by Crippen LogP contribution is 2.22. The van der Waals surface area contributed by atoms with Gasteiger partial charge in [-0.25, -0.2) is 0 Å². The Balaban J connectivity index is 1.42. The Hall–Kier alpha value is -1.69. The number of para-hydroxylation sites is 1. The van der Waals surface area contributed by atoms with Gasteiger partial charge < -0.3 is 10.1 Å². The molecule has 140 valence electrons. The number of aliphatic hydroxyl groups is 1. The zero-order chi connectivity index (χ0) is 17.9. The van der Waals surface area contributed by atoms with Crippen LogP contribution < -0.4 is 5.43 Å². The molecular weight excluding hydrogens is 326 g/mol. The monoisotopic (exact) mass is 355 g/mol. The SMILES string of the molecule is O=c1cc(CN2CC[C@@H](N3CCCCCC3)[C@H](O)C2)[nH]c2ccccc12. The zero-order valence-electron chi connectivity index (χ0n) is 15.4. The molecule has 2 N–H and O–H groups in total. The van der Waals surface area contributed by atoms with Gasteiger partial charge >= 0.3 is 0 Å². The number of nitrogens with one attached hydrogen (secondary N) is 1. The zero-order valence-corrected chi connectivity index (χ0v) is 15.4. The predicted molar refractivity (Wildman–Crippen MR) is 104 cm³/mol. The number of aromatic amines is 1. The Morgan fingerprint density at radius 1 is 1.08 bits per heavy atom. The number of piperidine rings is 1. The third-order valence-corrected chi connectivity index (χ3v) is 5.93. The lowest BCUT2D eigenvalue weighted by Gasteiger charge is -2.41. The van der Waals surface area contributed by atoms with Gasteiger partial charge in [0.15, 0.2) is 5.43 Å². The molecule has 2 saturated heterocycles. The molecule has 0 amide bonds. The van der Waals surface area contributed by atoms with Gasteiger partial charge in [-0.3, -0.25) is 14.6 Å². The summed E-state index contributed by atoms with van der Waals surface area (Å²) in [5.41, 5.74) is 1.87. The first-order valence-electron chi connectivity index (χ1n) is 9.96. The Morgan fingerprint density at radius 3 is 2.62 bits per heavy atom. The summed E-state index contributed by atoms with van der Waals surface area (Å²) in [4.78, 5) is 20.5. The van der Waals surface area contributed by atoms with Crippen LogP contribution in [0, 0.1) is 0 Å². The molecule has 1 aromatic heterocycles. The lowest BCUT2D eigenvalue weighted by atomic mass is 9.99. The summed E-state index contributed by atoms with van der Waals surface area (Å²) in [6.07, 6.45) is 5.84. The van der Waals surface area contributed by atoms with Gasteiger partial charge in [0.2, 0.25) is 0 Å². The third kappa shape index (κ3) is 3.85. The van der Waals surface area contributed by atoms with Crippen LogP contribution in [0.1, 0.15) is 37.8 Å². The Bertz CT molecular complexity index is 795. The van der Waals surface area contributed by atoms with Gasteiger partial charge in [0.1, 0.15) is 0 Å². The van der Waals surface area contributed by atoms with E-state index in [-0.39, 0.29) is 11.5 Å². The van der Waals surface area contributed by atoms with Gasteiger partial charge in [0, 0.05) is 48.3 Å². The van der Waals surface area contributed by atoms with Crippen LogP contribution in [0.3, 0.4) is 0 Å². The number of H-pyrrole nitrogens is 1. The fourth-order valence-corrected chi connectivity index (χ4v) is 4.56. The van der Waals surface area contributed by atoms with Crippen molar-refractivity contribution >= 4 is 10.9 Å². The number of rotatable bonds is 3. The van der Waals surface area contributed by atoms with Crippen molar-refractivity contribution < 1.29 is 5.11 Å². The number of aliphatic hydroxyl groups excluding tert-OH is 1. The van der Waals surface area contributed by atoms with Gasteiger partial charge in [-0.05, 0) is 44.5 Å². The summed E-state index contributed by atoms with van der Waals surface area (Å²) in [6.45, 7) is 4.58. The summed E-state index contributed by atoms with van der Waals surface area (Å²) >= 11 is 0. The Morgan fingerprint density at radius 2 is 1.85 bits per heavy atom. The molecule has 3 heterocycles. The molecule has 5 nitrogen and oxygen atoms in total. The van der Waals surface area contributed by atoms with Crippen molar-refractivity contribution in [1.82, 2.24) is 14.8 Å². The number of fused-ring (bicyclic) bond motifs is 1. The number of likely N-dealkylation sites (tertiary alicyclic amines) is 2. The molecule has 4 rings (SSSR count). The second kappa shape index (κ2) is 7.91. The number of pyridine rings is 1. The van der Waals surface area contributed by atoms with E-state index >= 15 is 0 Å². The van der Waals surface area contributed by atoms with Crippen LogP contribution in [0.5, 0.6) is 0 Å². The van der Waals surface area contributed by atoms with Crippen LogP contribution in [0.15, 0.2) is 35.1 Å². The molecule has 0 radical (unpaired) electrons. The van der Waals surface area contributed by atoms with Gasteiger partial charge in [-0.15, -0.1) is 0 Å². The van der Waals surface area contributed by atoms with Crippen LogP contribution in [0.2, 0.25) is 0 Å². The van der Waals surface area contributed by atoms with Crippen LogP contribution in [0.25, 0.3) is 10.9 Å². The largest absolute Gasteiger partial charge is 0.390 e. The van der Waals surface area contributed by atoms with E-state index in [1.165, 1.54) is 25.7 Å². The summed E-state index contributed by atoms with van der Waals surface area (Å²) in [5, 5.41) is 11.5. The average molecular weight is 355 g/mol. The maximum atomic E-state index is 12.3. The van der Waals surface area contributed by atoms with Crippen LogP contribution in [-0.4, -0.2) is 58.2 Å². The number of nitrogens with zero attached hydrogens (tertiary/aromatic N) is 2. The highest BCUT2D eigenvalue weighted by Gasteiger charge is 2.32. The lowest BCUT2D eigenvalue weighted by molar-refractivity contribution is -0.0147. The molecule has 1 aromatic carbocycles. The van der Waals surface area contributed by atoms with E-state index in [0.717, 1.165) is 42.7 Å². The van der Waals surface area contributed by atoms with Crippen molar-refractivity contribution in [2.75, 3.05) is 26.2 Å². The highest BCUT2D eigenvalue weighted by molar-refractivity contribution is 5.78. The van der Waals surface area contributed by atoms with Crippen molar-refractivity contribution in [1.29, 1.82) is 0 Å². The number of hydrogen-bond acceptors (Lipinski definition) is 4. The average Bonchev–Trinajstić information content (AvgIpc) is 2.91. The molecule has 0 spiro atoms. The topological polar surface area (TPSA) is 59.6 Å². The first kappa shape index (κ1) is 17.7. The van der Waals surface area contributed by atoms with Crippen LogP contribution >= 0.6 is 0 Å². The molecule has 5 heteroatoms. The molecule has 0 saturated carbocycles. The first-order valence-corrected chi connectivity index (χ1v) is 9.96. The maximum absolute atomic E-state index is 12.3. The van der Waals surface area contributed by atoms with Crippen molar-refractivity contribution in [2.45, 2.75) is 50.8 Å². The predicted octanol–water partition coefficient (Wildman–Crippen LogP) is 2.34. The Kier molecular flexibility index (Phi) is 5.38. The van der Waals surface area contributed by atoms with E-state index in [1.54, 1.807) is 6.07 Å². The molecule has 2 aliphatic heterocycles. The molecule has 0 bridgehead atoms. The van der Waals surface area contributed by atoms with Crippen LogP contribution in [0.4, 0.5) is 0 Å². The molecule has 0 unspecified atom stereocenters. The molecule has 0 aliphatic carbocycles. The van der Waals surface area contributed by atoms with Crippen molar-refractivity contribution in [3.05, 3.63) is 46.2 Å². The number of hydrogen-bond donors (Lipinski definition) is 2. The minimum Gasteiger partial charge on any atom is -0.390 e. The van der Waals surface area contributed by atoms with E-state index in [1.807, 2.05) is 24.3 Å². The standard InChI is InChI=1S/C21H29N3O2/c25-20-13-16(22-18-8-4-3-7-17(18)20)14-23-12-9-19(21(26)15-23)24-10-5-1-2-6-11-24/h3-4,7-8,13,19,21,26H,1-2,5-6,9-12,14-15H2,(H,22,25)/t19-,21-/m1/s1. The van der Waals surface area contributed by atoms with E-state index in [4.69, 9.17) is 0 Å². The summed E-state index contributed by atoms with van der Waals surface area (Å²) in [5.74, 6) is 0. The molecule has 26 heavy (non-hydrogen) atoms. The van der Waals surface area contributed by atoms with E-state index in [9.17, 15) is 9.90 Å². The first-order chi connectivity index (χ1) is 12.7. The molecule has 2 aliphatic rings. The minimum absolute atomic E-state index is 0.0642. The molecule has 2 aromatic rings. The van der Waals surface area contributed by atoms with E-state index < -0.39 is 0 Å². The summed E-state index contributed by atoms with van der Waals surface area (Å²) in [6, 6.07) is 9.63. The fourth-order valence-electron chi connectivity index (χ4n) is 4.56. The normalized spacial score (nSPS) is 26.0. The van der Waals surface area contributed by atoms with Gasteiger partial charge in [-0.2, -0.15) is 0 Å². The number of β-amino-alcohol motifs (C(OH)–C–C–N with tert-alkyl or cyclic N) is 1. The third-order valence-electron chi connectivity index (χ3n) is 5.93. The fraction of sp³-hybridized carbons (Fsp3) is 0.571. The summed E-state index contributed by atoms with van der Waals surface area (Å²) < 4.78 is 0. The summed E-state index contributed by atoms with van der Waals surface area (Å²) in [7, 11) is 0. The lowest BCUT2D eigenvalue weighted by Crippen LogP contribution is -2.54. The van der Waals surface area contributed by atoms with Crippen molar-refractivity contribution in [3.63, 3.8) is 0 Å². The Labute approximate surface area is 154 Å². The van der Waals surface area contributed by atoms with Gasteiger partial charge in [0.05, 0.1) is 6.10 Å². The molecule has 2 fully saturated rings. The van der Waals surface area contributed by atoms with E-state index in [0.29, 0.717) is 19.1 Å². The number of aromatic nitrogens is 1. The van der Waals surface area contributed by atoms with Crippen LogP contribution in [-0.2, 0) is 6.54 Å². The minimum atomic E-state index is -0.311. The number of benzene rings is 1. The quantitative estimate of drug-likeness (QED) is 0.887.